The van der Waals surface area contributed by atoms with Crippen molar-refractivity contribution in [2.45, 2.75) is 37.3 Å². The first-order valence-electron chi connectivity index (χ1n) is 10.3. The van der Waals surface area contributed by atoms with Gasteiger partial charge in [-0.2, -0.15) is 0 Å². The Morgan fingerprint density at radius 2 is 1.79 bits per heavy atom. The third-order valence-electron chi connectivity index (χ3n) is 5.33. The highest BCUT2D eigenvalue weighted by Crippen LogP contribution is 2.46. The number of rotatable bonds is 6. The first-order chi connectivity index (χ1) is 15.7. The van der Waals surface area contributed by atoms with E-state index < -0.39 is 33.9 Å². The van der Waals surface area contributed by atoms with Crippen LogP contribution in [0.4, 0.5) is 5.69 Å². The molecule has 0 bridgehead atoms. The van der Waals surface area contributed by atoms with Crippen molar-refractivity contribution < 1.29 is 22.7 Å². The van der Waals surface area contributed by atoms with Gasteiger partial charge in [0.2, 0.25) is 5.78 Å². The quantitative estimate of drug-likeness (QED) is 0.378. The zero-order valence-corrected chi connectivity index (χ0v) is 19.5. The van der Waals surface area contributed by atoms with E-state index in [-0.39, 0.29) is 22.7 Å². The molecular formula is C24H21ClN2O5S. The Balaban J connectivity index is 1.95. The average Bonchev–Trinajstić information content (AvgIpc) is 3.12. The molecule has 2 heterocycles. The molecule has 0 radical (unpaired) electrons. The van der Waals surface area contributed by atoms with Gasteiger partial charge in [-0.25, -0.2) is 13.4 Å². The van der Waals surface area contributed by atoms with Gasteiger partial charge in [-0.15, -0.1) is 0 Å². The maximum Gasteiger partial charge on any atom is 0.306 e. The largest absolute Gasteiger partial charge is 0.455 e. The number of anilines is 1. The highest BCUT2D eigenvalue weighted by molar-refractivity contribution is 7.93. The Morgan fingerprint density at radius 3 is 2.45 bits per heavy atom. The van der Waals surface area contributed by atoms with E-state index >= 15 is 0 Å². The Hall–Kier alpha value is -3.23. The molecule has 2 unspecified atom stereocenters. The Morgan fingerprint density at radius 1 is 1.06 bits per heavy atom. The van der Waals surface area contributed by atoms with Crippen LogP contribution in [0.15, 0.2) is 71.6 Å². The number of fused-ring (bicyclic) bond motifs is 1. The van der Waals surface area contributed by atoms with Crippen LogP contribution < -0.4 is 4.31 Å². The van der Waals surface area contributed by atoms with Crippen molar-refractivity contribution in [3.05, 3.63) is 88.7 Å². The minimum absolute atomic E-state index is 0.00312. The van der Waals surface area contributed by atoms with Crippen molar-refractivity contribution in [1.29, 1.82) is 0 Å². The monoisotopic (exact) mass is 484 g/mol. The lowest BCUT2D eigenvalue weighted by Gasteiger charge is -2.28. The van der Waals surface area contributed by atoms with E-state index in [1.807, 2.05) is 0 Å². The van der Waals surface area contributed by atoms with E-state index in [0.29, 0.717) is 16.3 Å². The molecule has 4 rings (SSSR count). The molecule has 3 aromatic rings. The molecule has 7 nitrogen and oxygen atoms in total. The number of sulfonamides is 1. The number of aromatic nitrogens is 1. The minimum atomic E-state index is -4.20. The number of ether oxygens (including phenoxy) is 1. The molecule has 33 heavy (non-hydrogen) atoms. The molecule has 0 spiro atoms. The van der Waals surface area contributed by atoms with E-state index in [4.69, 9.17) is 16.3 Å². The number of halogens is 1. The smallest absolute Gasteiger partial charge is 0.306 e. The normalized spacial score (nSPS) is 17.5. The van der Waals surface area contributed by atoms with Gasteiger partial charge >= 0.3 is 5.97 Å². The molecule has 0 aliphatic carbocycles. The number of hydrogen-bond acceptors (Lipinski definition) is 6. The number of carbonyl (C=O) groups is 2. The van der Waals surface area contributed by atoms with E-state index in [1.54, 1.807) is 44.2 Å². The average molecular weight is 485 g/mol. The van der Waals surface area contributed by atoms with Crippen LogP contribution in [0.1, 0.15) is 41.2 Å². The number of carbonyl (C=O) groups excluding carboxylic acids is 2. The fourth-order valence-corrected chi connectivity index (χ4v) is 5.65. The van der Waals surface area contributed by atoms with E-state index in [9.17, 15) is 18.0 Å². The highest BCUT2D eigenvalue weighted by atomic mass is 35.5. The second kappa shape index (κ2) is 8.96. The lowest BCUT2D eigenvalue weighted by Crippen LogP contribution is -2.45. The number of aryl methyl sites for hydroxylation is 1. The van der Waals surface area contributed by atoms with Crippen molar-refractivity contribution in [2.24, 2.45) is 0 Å². The van der Waals surface area contributed by atoms with Crippen LogP contribution in [0.3, 0.4) is 0 Å². The van der Waals surface area contributed by atoms with Crippen LogP contribution in [0.5, 0.6) is 0 Å². The van der Waals surface area contributed by atoms with Crippen molar-refractivity contribution in [3.8, 4) is 0 Å². The summed E-state index contributed by atoms with van der Waals surface area (Å²) in [4.78, 5) is 30.3. The number of ketones is 1. The maximum atomic E-state index is 13.8. The summed E-state index contributed by atoms with van der Waals surface area (Å²) in [7, 11) is -4.20. The minimum Gasteiger partial charge on any atom is -0.455 e. The van der Waals surface area contributed by atoms with Crippen LogP contribution >= 0.6 is 11.6 Å². The number of hydrogen-bond donors (Lipinski definition) is 0. The molecule has 0 saturated carbocycles. The summed E-state index contributed by atoms with van der Waals surface area (Å²) < 4.78 is 34.2. The van der Waals surface area contributed by atoms with E-state index in [0.717, 1.165) is 4.31 Å². The molecule has 2 atom stereocenters. The fraction of sp³-hybridized carbons (Fsp3) is 0.208. The number of pyridine rings is 1. The summed E-state index contributed by atoms with van der Waals surface area (Å²) >= 11 is 6.20. The Bertz CT molecular complexity index is 1330. The molecule has 9 heteroatoms. The van der Waals surface area contributed by atoms with Crippen molar-refractivity contribution in [3.63, 3.8) is 0 Å². The summed E-state index contributed by atoms with van der Waals surface area (Å²) in [5.74, 6) is -1.15. The second-order valence-corrected chi connectivity index (χ2v) is 9.81. The van der Waals surface area contributed by atoms with Crippen LogP contribution in [-0.4, -0.2) is 31.2 Å². The van der Waals surface area contributed by atoms with Gasteiger partial charge in [-0.3, -0.25) is 13.9 Å². The summed E-state index contributed by atoms with van der Waals surface area (Å²) in [6.45, 7) is 3.35. The lowest BCUT2D eigenvalue weighted by atomic mass is 10.0. The molecule has 1 aromatic heterocycles. The first-order valence-corrected chi connectivity index (χ1v) is 12.1. The second-order valence-electron chi connectivity index (χ2n) is 7.55. The lowest BCUT2D eigenvalue weighted by molar-refractivity contribution is -0.149. The van der Waals surface area contributed by atoms with Gasteiger partial charge in [-0.1, -0.05) is 42.8 Å². The standard InChI is InChI=1S/C24H21ClN2O5S/c1-3-21(28)32-24-18-14-16(25)12-13-20(18)27(33(30,31)17-9-5-4-6-10-17)22(24)23(29)19-11-7-8-15(2)26-19/h4-14,22,24H,3H2,1-2H3. The van der Waals surface area contributed by atoms with Gasteiger partial charge < -0.3 is 4.74 Å². The molecule has 2 aromatic carbocycles. The molecule has 1 aliphatic rings. The van der Waals surface area contributed by atoms with Gasteiger partial charge in [-0.05, 0) is 49.4 Å². The van der Waals surface area contributed by atoms with Crippen LogP contribution in [-0.2, 0) is 19.6 Å². The summed E-state index contributed by atoms with van der Waals surface area (Å²) in [6.07, 6.45) is -1.12. The third kappa shape index (κ3) is 4.24. The molecular weight excluding hydrogens is 464 g/mol. The Kier molecular flexibility index (Phi) is 6.23. The molecule has 170 valence electrons. The van der Waals surface area contributed by atoms with Crippen molar-refractivity contribution in [1.82, 2.24) is 4.98 Å². The van der Waals surface area contributed by atoms with Crippen molar-refractivity contribution in [2.75, 3.05) is 4.31 Å². The Labute approximate surface area is 197 Å². The molecule has 0 saturated heterocycles. The number of nitrogens with zero attached hydrogens (tertiary/aromatic N) is 2. The van der Waals surface area contributed by atoms with E-state index in [1.165, 1.54) is 36.4 Å². The van der Waals surface area contributed by atoms with E-state index in [2.05, 4.69) is 4.98 Å². The number of esters is 1. The fourth-order valence-electron chi connectivity index (χ4n) is 3.81. The molecule has 0 amide bonds. The summed E-state index contributed by atoms with van der Waals surface area (Å²) in [6, 6.07) is 15.9. The molecule has 0 N–H and O–H groups in total. The summed E-state index contributed by atoms with van der Waals surface area (Å²) in [5.41, 5.74) is 1.24. The molecule has 0 fully saturated rings. The first kappa shape index (κ1) is 22.9. The predicted octanol–water partition coefficient (Wildman–Crippen LogP) is 4.50. The van der Waals surface area contributed by atoms with Gasteiger partial charge in [0.1, 0.15) is 5.69 Å². The van der Waals surface area contributed by atoms with Gasteiger partial charge in [0.25, 0.3) is 10.0 Å². The van der Waals surface area contributed by atoms with Gasteiger partial charge in [0.05, 0.1) is 10.6 Å². The number of Topliss-reactive ketones (excluding diaryl/α,β-unsaturated/α-hetero) is 1. The highest BCUT2D eigenvalue weighted by Gasteiger charge is 2.51. The molecule has 1 aliphatic heterocycles. The summed E-state index contributed by atoms with van der Waals surface area (Å²) in [5, 5.41) is 0.324. The number of benzene rings is 2. The van der Waals surface area contributed by atoms with Gasteiger partial charge in [0, 0.05) is 22.7 Å². The topological polar surface area (TPSA) is 93.6 Å². The van der Waals surface area contributed by atoms with Crippen LogP contribution in [0.2, 0.25) is 5.02 Å². The van der Waals surface area contributed by atoms with Gasteiger partial charge in [0.15, 0.2) is 12.1 Å². The SMILES string of the molecule is CCC(=O)OC1c2cc(Cl)ccc2N(S(=O)(=O)c2ccccc2)C1C(=O)c1cccc(C)n1. The van der Waals surface area contributed by atoms with Crippen LogP contribution in [0.25, 0.3) is 0 Å². The third-order valence-corrected chi connectivity index (χ3v) is 7.37. The van der Waals surface area contributed by atoms with Crippen LogP contribution in [0, 0.1) is 6.92 Å². The predicted molar refractivity (Wildman–Crippen MR) is 124 cm³/mol. The maximum absolute atomic E-state index is 13.8. The zero-order valence-electron chi connectivity index (χ0n) is 17.9. The van der Waals surface area contributed by atoms with Crippen molar-refractivity contribution >= 4 is 39.1 Å². The zero-order chi connectivity index (χ0) is 23.8.